The molecule has 28 heavy (non-hydrogen) atoms. The molecule has 0 atom stereocenters. The molecule has 0 aliphatic rings. The van der Waals surface area contributed by atoms with Crippen molar-refractivity contribution in [3.05, 3.63) is 75.7 Å². The Bertz CT molecular complexity index is 1010. The second-order valence-corrected chi connectivity index (χ2v) is 7.35. The fraction of sp³-hybridized carbons (Fsp3) is 0.143. The largest absolute Gasteiger partial charge is 0.484 e. The van der Waals surface area contributed by atoms with Gasteiger partial charge in [0.05, 0.1) is 10.6 Å². The molecule has 0 radical (unpaired) electrons. The van der Waals surface area contributed by atoms with Crippen LogP contribution in [0.5, 0.6) is 5.75 Å². The predicted molar refractivity (Wildman–Crippen MR) is 114 cm³/mol. The average molecular weight is 462 g/mol. The zero-order chi connectivity index (χ0) is 19.9. The van der Waals surface area contributed by atoms with Gasteiger partial charge in [-0.1, -0.05) is 51.8 Å². The molecule has 2 N–H and O–H groups in total. The summed E-state index contributed by atoms with van der Waals surface area (Å²) in [5, 5.41) is 7.92. The highest BCUT2D eigenvalue weighted by molar-refractivity contribution is 9.10. The van der Waals surface area contributed by atoms with Crippen molar-refractivity contribution in [2.75, 3.05) is 19.7 Å². The average Bonchev–Trinajstić information content (AvgIpc) is 2.69. The van der Waals surface area contributed by atoms with Crippen LogP contribution < -0.4 is 15.4 Å². The molecule has 0 spiro atoms. The third-order valence-corrected chi connectivity index (χ3v) is 4.82. The molecule has 7 heteroatoms. The molecule has 3 aromatic rings. The summed E-state index contributed by atoms with van der Waals surface area (Å²) in [5.41, 5.74) is 0.405. The van der Waals surface area contributed by atoms with Crippen LogP contribution in [-0.2, 0) is 4.79 Å². The summed E-state index contributed by atoms with van der Waals surface area (Å²) in [6.07, 6.45) is 0. The molecule has 0 aliphatic carbocycles. The van der Waals surface area contributed by atoms with E-state index >= 15 is 0 Å². The molecule has 0 aliphatic heterocycles. The molecule has 0 unspecified atom stereocenters. The molecule has 3 aromatic carbocycles. The van der Waals surface area contributed by atoms with Crippen molar-refractivity contribution in [3.63, 3.8) is 0 Å². The van der Waals surface area contributed by atoms with E-state index in [0.717, 1.165) is 15.2 Å². The minimum atomic E-state index is -0.279. The molecule has 5 nitrogen and oxygen atoms in total. The second kappa shape index (κ2) is 9.57. The normalized spacial score (nSPS) is 10.5. The lowest BCUT2D eigenvalue weighted by molar-refractivity contribution is -0.123. The lowest BCUT2D eigenvalue weighted by atomic mass is 10.1. The number of rotatable bonds is 7. The van der Waals surface area contributed by atoms with Crippen molar-refractivity contribution >= 4 is 50.1 Å². The van der Waals surface area contributed by atoms with Crippen LogP contribution in [0.15, 0.2) is 65.1 Å². The van der Waals surface area contributed by atoms with Gasteiger partial charge < -0.3 is 15.4 Å². The molecule has 0 bridgehead atoms. The van der Waals surface area contributed by atoms with Gasteiger partial charge in [-0.3, -0.25) is 9.59 Å². The maximum atomic E-state index is 12.0. The zero-order valence-electron chi connectivity index (χ0n) is 14.9. The summed E-state index contributed by atoms with van der Waals surface area (Å²) < 4.78 is 6.55. The monoisotopic (exact) mass is 460 g/mol. The minimum absolute atomic E-state index is 0.0967. The van der Waals surface area contributed by atoms with Gasteiger partial charge in [0, 0.05) is 17.6 Å². The van der Waals surface area contributed by atoms with Gasteiger partial charge in [-0.15, -0.1) is 0 Å². The number of ether oxygens (including phenoxy) is 1. The number of benzene rings is 3. The number of carbonyl (C=O) groups excluding carboxylic acids is 2. The molecule has 0 heterocycles. The number of halogens is 2. The summed E-state index contributed by atoms with van der Waals surface area (Å²) >= 11 is 9.42. The fourth-order valence-electron chi connectivity index (χ4n) is 2.60. The molecule has 0 saturated carbocycles. The van der Waals surface area contributed by atoms with Gasteiger partial charge in [0.2, 0.25) is 0 Å². The number of fused-ring (bicyclic) bond motifs is 1. The van der Waals surface area contributed by atoms with E-state index in [-0.39, 0.29) is 18.4 Å². The minimum Gasteiger partial charge on any atom is -0.484 e. The van der Waals surface area contributed by atoms with Crippen LogP contribution in [-0.4, -0.2) is 31.5 Å². The van der Waals surface area contributed by atoms with Gasteiger partial charge in [0.25, 0.3) is 11.8 Å². The van der Waals surface area contributed by atoms with Gasteiger partial charge in [0.15, 0.2) is 6.61 Å². The molecule has 3 rings (SSSR count). The first-order valence-corrected chi connectivity index (χ1v) is 9.81. The van der Waals surface area contributed by atoms with Gasteiger partial charge in [-0.2, -0.15) is 0 Å². The first kappa shape index (κ1) is 20.2. The highest BCUT2D eigenvalue weighted by atomic mass is 79.9. The van der Waals surface area contributed by atoms with Crippen LogP contribution in [0.1, 0.15) is 10.4 Å². The Morgan fingerprint density at radius 1 is 0.929 bits per heavy atom. The van der Waals surface area contributed by atoms with Gasteiger partial charge in [-0.05, 0) is 47.2 Å². The Hall–Kier alpha value is -2.57. The Balaban J connectivity index is 1.41. The first-order chi connectivity index (χ1) is 13.5. The van der Waals surface area contributed by atoms with Crippen LogP contribution in [0, 0.1) is 0 Å². The third kappa shape index (κ3) is 5.47. The highest BCUT2D eigenvalue weighted by Gasteiger charge is 2.09. The van der Waals surface area contributed by atoms with Crippen molar-refractivity contribution in [3.8, 4) is 5.75 Å². The lowest BCUT2D eigenvalue weighted by Crippen LogP contribution is -2.36. The number of hydrogen-bond donors (Lipinski definition) is 2. The summed E-state index contributed by atoms with van der Waals surface area (Å²) in [6.45, 7) is 0.491. The number of hydrogen-bond acceptors (Lipinski definition) is 3. The smallest absolute Gasteiger partial charge is 0.258 e. The van der Waals surface area contributed by atoms with Gasteiger partial charge in [0.1, 0.15) is 5.75 Å². The van der Waals surface area contributed by atoms with Crippen molar-refractivity contribution in [1.29, 1.82) is 0 Å². The van der Waals surface area contributed by atoms with Crippen molar-refractivity contribution in [2.24, 2.45) is 0 Å². The molecule has 0 aromatic heterocycles. The van der Waals surface area contributed by atoms with Crippen LogP contribution >= 0.6 is 27.5 Å². The molecular weight excluding hydrogens is 444 g/mol. The van der Waals surface area contributed by atoms with E-state index in [1.807, 2.05) is 36.4 Å². The molecular formula is C21H18BrClN2O3. The van der Waals surface area contributed by atoms with Crippen molar-refractivity contribution in [1.82, 2.24) is 10.6 Å². The fourth-order valence-corrected chi connectivity index (χ4v) is 3.20. The highest BCUT2D eigenvalue weighted by Crippen LogP contribution is 2.24. The van der Waals surface area contributed by atoms with Crippen LogP contribution in [0.2, 0.25) is 5.02 Å². The molecule has 0 fully saturated rings. The van der Waals surface area contributed by atoms with Crippen LogP contribution in [0.3, 0.4) is 0 Å². The second-order valence-electron chi connectivity index (χ2n) is 6.03. The third-order valence-electron chi connectivity index (χ3n) is 3.99. The van der Waals surface area contributed by atoms with E-state index in [1.165, 1.54) is 0 Å². The standard InChI is InChI=1S/C21H18BrClN2O3/c22-16-7-5-15-12-17(8-6-14(15)11-16)28-13-20(26)24-9-10-25-21(27)18-3-1-2-4-19(18)23/h1-8,11-12H,9-10,13H2,(H,24,26)(H,25,27). The van der Waals surface area contributed by atoms with E-state index in [9.17, 15) is 9.59 Å². The Morgan fingerprint density at radius 3 is 2.46 bits per heavy atom. The number of carbonyl (C=O) groups is 2. The Morgan fingerprint density at radius 2 is 1.64 bits per heavy atom. The molecule has 144 valence electrons. The lowest BCUT2D eigenvalue weighted by Gasteiger charge is -2.10. The van der Waals surface area contributed by atoms with Crippen LogP contribution in [0.4, 0.5) is 0 Å². The summed E-state index contributed by atoms with van der Waals surface area (Å²) in [7, 11) is 0. The van der Waals surface area contributed by atoms with Crippen LogP contribution in [0.25, 0.3) is 10.8 Å². The predicted octanol–water partition coefficient (Wildman–Crippen LogP) is 4.18. The van der Waals surface area contributed by atoms with E-state index in [1.54, 1.807) is 24.3 Å². The Labute approximate surface area is 176 Å². The number of amides is 2. The van der Waals surface area contributed by atoms with Crippen molar-refractivity contribution < 1.29 is 14.3 Å². The Kier molecular flexibility index (Phi) is 6.90. The van der Waals surface area contributed by atoms with Gasteiger partial charge in [-0.25, -0.2) is 0 Å². The number of nitrogens with one attached hydrogen (secondary N) is 2. The van der Waals surface area contributed by atoms with E-state index in [4.69, 9.17) is 16.3 Å². The van der Waals surface area contributed by atoms with E-state index < -0.39 is 0 Å². The van der Waals surface area contributed by atoms with E-state index in [0.29, 0.717) is 29.4 Å². The topological polar surface area (TPSA) is 67.4 Å². The maximum absolute atomic E-state index is 12.0. The zero-order valence-corrected chi connectivity index (χ0v) is 17.2. The molecule has 0 saturated heterocycles. The molecule has 2 amide bonds. The maximum Gasteiger partial charge on any atom is 0.258 e. The first-order valence-electron chi connectivity index (χ1n) is 8.64. The van der Waals surface area contributed by atoms with E-state index in [2.05, 4.69) is 26.6 Å². The quantitative estimate of drug-likeness (QED) is 0.519. The summed E-state index contributed by atoms with van der Waals surface area (Å²) in [5.74, 6) is 0.0822. The van der Waals surface area contributed by atoms with Gasteiger partial charge >= 0.3 is 0 Å². The SMILES string of the molecule is O=C(COc1ccc2cc(Br)ccc2c1)NCCNC(=O)c1ccccc1Cl. The summed E-state index contributed by atoms with van der Waals surface area (Å²) in [6, 6.07) is 18.4. The van der Waals surface area contributed by atoms with Crippen molar-refractivity contribution in [2.45, 2.75) is 0 Å². The summed E-state index contributed by atoms with van der Waals surface area (Å²) in [4.78, 5) is 23.9.